The molecule has 0 fully saturated rings. The summed E-state index contributed by atoms with van der Waals surface area (Å²) < 4.78 is 32.6. The molecule has 0 amide bonds. The summed E-state index contributed by atoms with van der Waals surface area (Å²) in [5.41, 5.74) is 5.97. The van der Waals surface area contributed by atoms with Gasteiger partial charge in [-0.3, -0.25) is 0 Å². The minimum absolute atomic E-state index is 0.0200. The second kappa shape index (κ2) is 6.40. The summed E-state index contributed by atoms with van der Waals surface area (Å²) >= 11 is 0.905. The van der Waals surface area contributed by atoms with Gasteiger partial charge < -0.3 is 19.9 Å². The average Bonchev–Trinajstić information content (AvgIpc) is 2.86. The van der Waals surface area contributed by atoms with Crippen LogP contribution in [-0.4, -0.2) is 24.6 Å². The zero-order valence-corrected chi connectivity index (χ0v) is 12.2. The first-order valence-corrected chi connectivity index (χ1v) is 6.62. The van der Waals surface area contributed by atoms with Crippen molar-refractivity contribution >= 4 is 22.5 Å². The highest BCUT2D eigenvalue weighted by Crippen LogP contribution is 2.29. The van der Waals surface area contributed by atoms with Crippen molar-refractivity contribution in [2.45, 2.75) is 6.61 Å². The molecule has 0 saturated heterocycles. The Morgan fingerprint density at radius 1 is 1.43 bits per heavy atom. The molecule has 0 atom stereocenters. The topological polar surface area (TPSA) is 83.7 Å². The second-order valence-electron chi connectivity index (χ2n) is 3.96. The van der Waals surface area contributed by atoms with Crippen LogP contribution < -0.4 is 15.2 Å². The monoisotopic (exact) mass is 312 g/mol. The Bertz CT molecular complexity index is 660. The second-order valence-corrected chi connectivity index (χ2v) is 4.77. The molecule has 1 heterocycles. The summed E-state index contributed by atoms with van der Waals surface area (Å²) in [5, 5.41) is 0.183. The van der Waals surface area contributed by atoms with E-state index < -0.39 is 11.8 Å². The number of aromatic nitrogens is 1. The van der Waals surface area contributed by atoms with Crippen LogP contribution in [0.4, 0.5) is 9.39 Å². The molecule has 0 aliphatic rings. The number of rotatable bonds is 5. The number of hydrogen-bond donors (Lipinski definition) is 1. The molecule has 2 N–H and O–H groups in total. The Morgan fingerprint density at radius 2 is 2.19 bits per heavy atom. The minimum atomic E-state index is -0.651. The Hall–Kier alpha value is -2.35. The van der Waals surface area contributed by atoms with Gasteiger partial charge in [-0.05, 0) is 29.7 Å². The number of methoxy groups -OCH3 is 2. The van der Waals surface area contributed by atoms with Gasteiger partial charge >= 0.3 is 5.97 Å². The van der Waals surface area contributed by atoms with Crippen LogP contribution in [0.5, 0.6) is 11.6 Å². The first kappa shape index (κ1) is 15.0. The lowest BCUT2D eigenvalue weighted by Crippen LogP contribution is -2.07. The number of nitrogens with zero attached hydrogens (tertiary/aromatic N) is 1. The van der Waals surface area contributed by atoms with E-state index in [9.17, 15) is 9.18 Å². The van der Waals surface area contributed by atoms with Gasteiger partial charge in [-0.1, -0.05) is 0 Å². The molecule has 0 saturated carbocycles. The first-order chi connectivity index (χ1) is 10.1. The molecule has 1 aromatic heterocycles. The van der Waals surface area contributed by atoms with E-state index in [2.05, 4.69) is 9.11 Å². The summed E-state index contributed by atoms with van der Waals surface area (Å²) in [5.74, 6) is -0.575. The lowest BCUT2D eigenvalue weighted by atomic mass is 10.2. The van der Waals surface area contributed by atoms with Crippen molar-refractivity contribution in [1.82, 2.24) is 4.37 Å². The number of anilines is 1. The largest absolute Gasteiger partial charge is 0.497 e. The molecule has 1 aromatic carbocycles. The van der Waals surface area contributed by atoms with Gasteiger partial charge in [0.1, 0.15) is 23.2 Å². The fraction of sp³-hybridized carbons (Fsp3) is 0.231. The molecule has 0 aliphatic heterocycles. The average molecular weight is 312 g/mol. The van der Waals surface area contributed by atoms with Crippen molar-refractivity contribution in [2.75, 3.05) is 20.0 Å². The third-order valence-electron chi connectivity index (χ3n) is 2.69. The minimum Gasteiger partial charge on any atom is -0.497 e. The molecular formula is C13H13FN2O4S. The van der Waals surface area contributed by atoms with Crippen LogP contribution in [0.2, 0.25) is 0 Å². The third-order valence-corrected chi connectivity index (χ3v) is 3.35. The van der Waals surface area contributed by atoms with E-state index in [0.717, 1.165) is 11.5 Å². The quantitative estimate of drug-likeness (QED) is 0.852. The molecule has 21 heavy (non-hydrogen) atoms. The van der Waals surface area contributed by atoms with E-state index in [1.807, 2.05) is 0 Å². The SMILES string of the molecule is COC(=O)c1c(OCc2cc(OC)ccc2F)nsc1N. The molecule has 0 aliphatic carbocycles. The van der Waals surface area contributed by atoms with Crippen LogP contribution in [0.1, 0.15) is 15.9 Å². The summed E-state index contributed by atoms with van der Waals surface area (Å²) in [6.45, 7) is -0.115. The number of benzene rings is 1. The predicted octanol–water partition coefficient (Wildman–Crippen LogP) is 2.24. The van der Waals surface area contributed by atoms with Crippen molar-refractivity contribution < 1.29 is 23.4 Å². The van der Waals surface area contributed by atoms with E-state index in [1.165, 1.54) is 32.4 Å². The lowest BCUT2D eigenvalue weighted by Gasteiger charge is -2.08. The maximum absolute atomic E-state index is 13.7. The van der Waals surface area contributed by atoms with Gasteiger partial charge in [-0.2, -0.15) is 4.37 Å². The van der Waals surface area contributed by atoms with E-state index in [1.54, 1.807) is 0 Å². The van der Waals surface area contributed by atoms with Gasteiger partial charge in [0, 0.05) is 5.56 Å². The number of halogens is 1. The Kier molecular flexibility index (Phi) is 4.59. The molecule has 6 nitrogen and oxygen atoms in total. The number of nitrogens with two attached hydrogens (primary N) is 1. The summed E-state index contributed by atoms with van der Waals surface area (Å²) in [6, 6.07) is 4.27. The highest BCUT2D eigenvalue weighted by molar-refractivity contribution is 7.10. The number of ether oxygens (including phenoxy) is 3. The van der Waals surface area contributed by atoms with Crippen molar-refractivity contribution in [3.63, 3.8) is 0 Å². The fourth-order valence-corrected chi connectivity index (χ4v) is 2.20. The Labute approximate surface area is 124 Å². The normalized spacial score (nSPS) is 10.2. The number of esters is 1. The van der Waals surface area contributed by atoms with Gasteiger partial charge in [0.25, 0.3) is 0 Å². The number of carbonyl (C=O) groups excluding carboxylic acids is 1. The van der Waals surface area contributed by atoms with Crippen molar-refractivity contribution in [3.8, 4) is 11.6 Å². The highest BCUT2D eigenvalue weighted by atomic mass is 32.1. The maximum atomic E-state index is 13.7. The molecule has 0 unspecified atom stereocenters. The van der Waals surface area contributed by atoms with E-state index >= 15 is 0 Å². The van der Waals surface area contributed by atoms with Crippen LogP contribution in [0.15, 0.2) is 18.2 Å². The molecule has 0 radical (unpaired) electrons. The summed E-state index contributed by atoms with van der Waals surface area (Å²) in [6.07, 6.45) is 0. The van der Waals surface area contributed by atoms with Crippen LogP contribution in [0.3, 0.4) is 0 Å². The van der Waals surface area contributed by atoms with Gasteiger partial charge in [-0.15, -0.1) is 0 Å². The highest BCUT2D eigenvalue weighted by Gasteiger charge is 2.21. The van der Waals surface area contributed by atoms with Crippen LogP contribution in [0.25, 0.3) is 0 Å². The molecule has 0 spiro atoms. The lowest BCUT2D eigenvalue weighted by molar-refractivity contribution is 0.0596. The van der Waals surface area contributed by atoms with Crippen molar-refractivity contribution in [2.24, 2.45) is 0 Å². The third kappa shape index (κ3) is 3.22. The zero-order valence-electron chi connectivity index (χ0n) is 11.4. The number of nitrogen functional groups attached to an aromatic ring is 1. The Morgan fingerprint density at radius 3 is 2.86 bits per heavy atom. The number of hydrogen-bond acceptors (Lipinski definition) is 7. The summed E-state index contributed by atoms with van der Waals surface area (Å²) in [4.78, 5) is 11.6. The fourth-order valence-electron chi connectivity index (χ4n) is 1.61. The molecule has 2 aromatic rings. The molecular weight excluding hydrogens is 299 g/mol. The Balaban J connectivity index is 2.19. The van der Waals surface area contributed by atoms with Crippen LogP contribution >= 0.6 is 11.5 Å². The molecule has 8 heteroatoms. The zero-order chi connectivity index (χ0) is 15.4. The maximum Gasteiger partial charge on any atom is 0.346 e. The van der Waals surface area contributed by atoms with Gasteiger partial charge in [0.05, 0.1) is 14.2 Å². The van der Waals surface area contributed by atoms with E-state index in [-0.39, 0.29) is 28.6 Å². The van der Waals surface area contributed by atoms with Crippen molar-refractivity contribution in [3.05, 3.63) is 35.1 Å². The molecule has 112 valence electrons. The molecule has 0 bridgehead atoms. The smallest absolute Gasteiger partial charge is 0.346 e. The number of carbonyl (C=O) groups is 1. The first-order valence-electron chi connectivity index (χ1n) is 5.85. The predicted molar refractivity (Wildman–Crippen MR) is 75.1 cm³/mol. The van der Waals surface area contributed by atoms with E-state index in [0.29, 0.717) is 5.75 Å². The van der Waals surface area contributed by atoms with E-state index in [4.69, 9.17) is 15.2 Å². The van der Waals surface area contributed by atoms with Crippen molar-refractivity contribution in [1.29, 1.82) is 0 Å². The summed E-state index contributed by atoms with van der Waals surface area (Å²) in [7, 11) is 2.71. The standard InChI is InChI=1S/C13H13FN2O4S/c1-18-8-3-4-9(14)7(5-8)6-20-12-10(13(17)19-2)11(15)21-16-12/h3-5H,6,15H2,1-2H3. The van der Waals surface area contributed by atoms with Gasteiger partial charge in [0.15, 0.2) is 5.56 Å². The van der Waals surface area contributed by atoms with Gasteiger partial charge in [-0.25, -0.2) is 9.18 Å². The van der Waals surface area contributed by atoms with Crippen LogP contribution in [-0.2, 0) is 11.3 Å². The van der Waals surface area contributed by atoms with Gasteiger partial charge in [0.2, 0.25) is 5.88 Å². The van der Waals surface area contributed by atoms with Crippen LogP contribution in [0, 0.1) is 5.82 Å². The molecule has 2 rings (SSSR count).